The summed E-state index contributed by atoms with van der Waals surface area (Å²) in [5.74, 6) is 1.84. The van der Waals surface area contributed by atoms with Crippen LogP contribution in [0, 0.1) is 5.92 Å². The fourth-order valence-electron chi connectivity index (χ4n) is 4.68. The second kappa shape index (κ2) is 11.3. The largest absolute Gasteiger partial charge is 0.489 e. The molecule has 0 atom stereocenters. The maximum absolute atomic E-state index is 12.7. The number of carbonyl (C=O) groups is 1. The molecule has 2 aliphatic rings. The third-order valence-corrected chi connectivity index (χ3v) is 6.63. The van der Waals surface area contributed by atoms with Gasteiger partial charge in [-0.15, -0.1) is 0 Å². The molecule has 1 amide bonds. The fraction of sp³-hybridized carbons (Fsp3) is 0.538. The van der Waals surface area contributed by atoms with E-state index in [9.17, 15) is 4.79 Å². The maximum atomic E-state index is 12.7. The number of pyridine rings is 1. The summed E-state index contributed by atoms with van der Waals surface area (Å²) in [6.45, 7) is 5.19. The minimum absolute atomic E-state index is 0.332. The summed E-state index contributed by atoms with van der Waals surface area (Å²) < 4.78 is 5.80. The van der Waals surface area contributed by atoms with Crippen molar-refractivity contribution < 1.29 is 9.53 Å². The van der Waals surface area contributed by atoms with E-state index in [0.29, 0.717) is 25.0 Å². The maximum Gasteiger partial charge on any atom is 0.236 e. The molecule has 0 saturated carbocycles. The first-order valence-corrected chi connectivity index (χ1v) is 11.9. The third-order valence-electron chi connectivity index (χ3n) is 6.63. The molecule has 2 fully saturated rings. The average molecular weight is 422 g/mol. The number of nitrogens with zero attached hydrogens (tertiary/aromatic N) is 3. The fourth-order valence-corrected chi connectivity index (χ4v) is 4.68. The van der Waals surface area contributed by atoms with E-state index < -0.39 is 0 Å². The van der Waals surface area contributed by atoms with Gasteiger partial charge in [-0.1, -0.05) is 37.1 Å². The van der Waals surface area contributed by atoms with Gasteiger partial charge in [0.1, 0.15) is 12.4 Å². The number of hydrogen-bond donors (Lipinski definition) is 0. The molecule has 166 valence electrons. The van der Waals surface area contributed by atoms with Crippen molar-refractivity contribution in [2.45, 2.75) is 51.6 Å². The zero-order valence-corrected chi connectivity index (χ0v) is 18.5. The first-order valence-electron chi connectivity index (χ1n) is 11.9. The summed E-state index contributed by atoms with van der Waals surface area (Å²) in [6, 6.07) is 12.5. The van der Waals surface area contributed by atoms with Crippen LogP contribution in [0.15, 0.2) is 48.8 Å². The molecule has 2 saturated heterocycles. The van der Waals surface area contributed by atoms with Gasteiger partial charge < -0.3 is 9.64 Å². The number of ether oxygens (including phenoxy) is 1. The minimum Gasteiger partial charge on any atom is -0.489 e. The molecule has 2 aliphatic heterocycles. The van der Waals surface area contributed by atoms with Gasteiger partial charge in [-0.05, 0) is 74.4 Å². The van der Waals surface area contributed by atoms with Gasteiger partial charge in [0, 0.05) is 25.5 Å². The van der Waals surface area contributed by atoms with Gasteiger partial charge in [0.05, 0.1) is 6.54 Å². The molecule has 0 N–H and O–H groups in total. The van der Waals surface area contributed by atoms with Crippen molar-refractivity contribution in [1.29, 1.82) is 0 Å². The predicted molar refractivity (Wildman–Crippen MR) is 123 cm³/mol. The lowest BCUT2D eigenvalue weighted by molar-refractivity contribution is -0.133. The zero-order valence-electron chi connectivity index (χ0n) is 18.5. The molecule has 0 spiro atoms. The summed E-state index contributed by atoms with van der Waals surface area (Å²) in [5.41, 5.74) is 2.55. The molecule has 0 unspecified atom stereocenters. The molecule has 2 aromatic rings. The smallest absolute Gasteiger partial charge is 0.236 e. The van der Waals surface area contributed by atoms with Gasteiger partial charge in [0.15, 0.2) is 0 Å². The van der Waals surface area contributed by atoms with Crippen molar-refractivity contribution in [3.63, 3.8) is 0 Å². The van der Waals surface area contributed by atoms with Crippen LogP contribution in [-0.2, 0) is 17.8 Å². The molecule has 1 aromatic heterocycles. The topological polar surface area (TPSA) is 45.7 Å². The third kappa shape index (κ3) is 6.79. The first-order chi connectivity index (χ1) is 15.3. The second-order valence-electron chi connectivity index (χ2n) is 9.01. The molecule has 5 heteroatoms. The molecule has 1 aromatic carbocycles. The van der Waals surface area contributed by atoms with E-state index in [1.165, 1.54) is 36.8 Å². The Morgan fingerprint density at radius 3 is 2.19 bits per heavy atom. The molecular formula is C26H35N3O2. The van der Waals surface area contributed by atoms with Crippen LogP contribution in [0.3, 0.4) is 0 Å². The van der Waals surface area contributed by atoms with E-state index in [1.807, 2.05) is 12.1 Å². The molecule has 3 heterocycles. The minimum atomic E-state index is 0.332. The van der Waals surface area contributed by atoms with Crippen LogP contribution < -0.4 is 4.74 Å². The Kier molecular flexibility index (Phi) is 7.94. The van der Waals surface area contributed by atoms with E-state index in [0.717, 1.165) is 51.2 Å². The normalized spacial score (nSPS) is 18.5. The average Bonchev–Trinajstić information content (AvgIpc) is 3.08. The second-order valence-corrected chi connectivity index (χ2v) is 9.01. The Hall–Kier alpha value is -2.40. The Labute approximate surface area is 186 Å². The van der Waals surface area contributed by atoms with Gasteiger partial charge >= 0.3 is 0 Å². The number of piperidine rings is 1. The van der Waals surface area contributed by atoms with Crippen LogP contribution in [0.25, 0.3) is 0 Å². The molecule has 0 aliphatic carbocycles. The molecule has 0 bridgehead atoms. The van der Waals surface area contributed by atoms with Crippen LogP contribution in [0.5, 0.6) is 5.75 Å². The Morgan fingerprint density at radius 1 is 0.871 bits per heavy atom. The van der Waals surface area contributed by atoms with Crippen molar-refractivity contribution in [2.24, 2.45) is 5.92 Å². The van der Waals surface area contributed by atoms with Gasteiger partial charge in [-0.25, -0.2) is 0 Å². The lowest BCUT2D eigenvalue weighted by Gasteiger charge is -2.33. The van der Waals surface area contributed by atoms with Crippen LogP contribution in [0.2, 0.25) is 0 Å². The Bertz CT molecular complexity index is 793. The Morgan fingerprint density at radius 2 is 1.52 bits per heavy atom. The van der Waals surface area contributed by atoms with Crippen LogP contribution in [-0.4, -0.2) is 53.4 Å². The number of rotatable bonds is 7. The summed E-state index contributed by atoms with van der Waals surface area (Å²) >= 11 is 0. The van der Waals surface area contributed by atoms with Crippen molar-refractivity contribution in [2.75, 3.05) is 32.7 Å². The number of aromatic nitrogens is 1. The van der Waals surface area contributed by atoms with Gasteiger partial charge in [-0.2, -0.15) is 0 Å². The number of amides is 1. The summed E-state index contributed by atoms with van der Waals surface area (Å²) in [5, 5.41) is 0. The summed E-state index contributed by atoms with van der Waals surface area (Å²) in [7, 11) is 0. The molecule has 0 radical (unpaired) electrons. The predicted octanol–water partition coefficient (Wildman–Crippen LogP) is 4.32. The summed E-state index contributed by atoms with van der Waals surface area (Å²) in [4.78, 5) is 21.2. The number of benzene rings is 1. The molecule has 31 heavy (non-hydrogen) atoms. The van der Waals surface area contributed by atoms with Gasteiger partial charge in [0.25, 0.3) is 0 Å². The number of hydrogen-bond acceptors (Lipinski definition) is 4. The van der Waals surface area contributed by atoms with E-state index in [2.05, 4.69) is 39.0 Å². The standard InChI is InChI=1S/C26H35N3O2/c30-26(20-28-15-3-1-2-4-16-28)29-17-11-23(12-18-29)19-22-5-7-24(8-6-22)21-31-25-9-13-27-14-10-25/h5-10,13-14,23H,1-4,11-12,15-21H2. The van der Waals surface area contributed by atoms with E-state index in [4.69, 9.17) is 4.74 Å². The van der Waals surface area contributed by atoms with E-state index in [1.54, 1.807) is 12.4 Å². The van der Waals surface area contributed by atoms with Crippen molar-refractivity contribution in [3.8, 4) is 5.75 Å². The van der Waals surface area contributed by atoms with Gasteiger partial charge in [-0.3, -0.25) is 14.7 Å². The van der Waals surface area contributed by atoms with E-state index >= 15 is 0 Å². The highest BCUT2D eigenvalue weighted by Gasteiger charge is 2.24. The summed E-state index contributed by atoms with van der Waals surface area (Å²) in [6.07, 6.45) is 11.9. The lowest BCUT2D eigenvalue weighted by Crippen LogP contribution is -2.44. The van der Waals surface area contributed by atoms with Gasteiger partial charge in [0.2, 0.25) is 5.91 Å². The quantitative estimate of drug-likeness (QED) is 0.668. The van der Waals surface area contributed by atoms with Crippen LogP contribution >= 0.6 is 0 Å². The first kappa shape index (κ1) is 21.8. The highest BCUT2D eigenvalue weighted by Crippen LogP contribution is 2.23. The molecular weight excluding hydrogens is 386 g/mol. The highest BCUT2D eigenvalue weighted by atomic mass is 16.5. The van der Waals surface area contributed by atoms with Crippen molar-refractivity contribution >= 4 is 5.91 Å². The zero-order chi connectivity index (χ0) is 21.3. The van der Waals surface area contributed by atoms with E-state index in [-0.39, 0.29) is 0 Å². The SMILES string of the molecule is O=C(CN1CCCCCC1)N1CCC(Cc2ccc(COc3ccncc3)cc2)CC1. The lowest BCUT2D eigenvalue weighted by atomic mass is 9.90. The monoisotopic (exact) mass is 421 g/mol. The van der Waals surface area contributed by atoms with Crippen molar-refractivity contribution in [1.82, 2.24) is 14.8 Å². The molecule has 5 nitrogen and oxygen atoms in total. The highest BCUT2D eigenvalue weighted by molar-refractivity contribution is 5.78. The number of likely N-dealkylation sites (tertiary alicyclic amines) is 2. The number of carbonyl (C=O) groups excluding carboxylic acids is 1. The van der Waals surface area contributed by atoms with Crippen LogP contribution in [0.4, 0.5) is 0 Å². The molecule has 4 rings (SSSR count). The van der Waals surface area contributed by atoms with Crippen LogP contribution in [0.1, 0.15) is 49.7 Å². The Balaban J connectivity index is 1.18. The van der Waals surface area contributed by atoms with Crippen molar-refractivity contribution in [3.05, 3.63) is 59.9 Å².